The molecular weight excluding hydrogens is 288 g/mol. The first-order chi connectivity index (χ1) is 9.04. The lowest BCUT2D eigenvalue weighted by Crippen LogP contribution is -2.41. The van der Waals surface area contributed by atoms with E-state index in [-0.39, 0.29) is 17.7 Å². The summed E-state index contributed by atoms with van der Waals surface area (Å²) in [7, 11) is 0. The van der Waals surface area contributed by atoms with Gasteiger partial charge in [0.25, 0.3) is 0 Å². The summed E-state index contributed by atoms with van der Waals surface area (Å²) in [5.41, 5.74) is -0.290. The van der Waals surface area contributed by atoms with E-state index in [1.807, 2.05) is 34.6 Å². The molecule has 1 heterocycles. The Balaban J connectivity index is 0.00000400. The molecular formula is C15H30N2O3S. The number of carboxylic acid groups (broad SMARTS) is 1. The van der Waals surface area contributed by atoms with Crippen molar-refractivity contribution in [2.75, 3.05) is 6.54 Å². The highest BCUT2D eigenvalue weighted by Crippen LogP contribution is 2.34. The van der Waals surface area contributed by atoms with Crippen molar-refractivity contribution in [2.45, 2.75) is 71.6 Å². The van der Waals surface area contributed by atoms with Gasteiger partial charge in [0.05, 0.1) is 6.21 Å². The molecule has 1 aliphatic heterocycles. The minimum Gasteiger partial charge on any atom is -0.591 e. The van der Waals surface area contributed by atoms with Crippen LogP contribution < -0.4 is 0 Å². The van der Waals surface area contributed by atoms with E-state index in [1.165, 1.54) is 4.90 Å². The average molecular weight is 318 g/mol. The Morgan fingerprint density at radius 2 is 2.10 bits per heavy atom. The Kier molecular flexibility index (Phi) is 7.23. The monoisotopic (exact) mass is 318 g/mol. The van der Waals surface area contributed by atoms with Gasteiger partial charge in [0.2, 0.25) is 0 Å². The van der Waals surface area contributed by atoms with Crippen molar-refractivity contribution in [3.8, 4) is 0 Å². The van der Waals surface area contributed by atoms with Gasteiger partial charge in [-0.3, -0.25) is 0 Å². The molecule has 0 aromatic heterocycles. The highest BCUT2D eigenvalue weighted by molar-refractivity contribution is 7.91. The largest absolute Gasteiger partial charge is 0.591 e. The van der Waals surface area contributed by atoms with Crippen LogP contribution in [0.25, 0.3) is 0 Å². The third-order valence-corrected chi connectivity index (χ3v) is 4.98. The molecule has 6 heteroatoms. The van der Waals surface area contributed by atoms with Gasteiger partial charge in [-0.25, -0.2) is 4.79 Å². The summed E-state index contributed by atoms with van der Waals surface area (Å²) in [6.45, 7) is 10.2. The molecule has 0 saturated carbocycles. The number of likely N-dealkylation sites (tertiary alicyclic amines) is 1. The predicted molar refractivity (Wildman–Crippen MR) is 89.3 cm³/mol. The van der Waals surface area contributed by atoms with Crippen LogP contribution in [-0.2, 0) is 11.4 Å². The van der Waals surface area contributed by atoms with Crippen molar-refractivity contribution < 1.29 is 14.5 Å². The molecule has 0 aromatic rings. The van der Waals surface area contributed by atoms with Crippen LogP contribution in [0.5, 0.6) is 0 Å². The molecule has 1 rings (SSSR count). The summed E-state index contributed by atoms with van der Waals surface area (Å²) in [6.07, 6.45) is 3.38. The second kappa shape index (κ2) is 7.49. The lowest BCUT2D eigenvalue weighted by atomic mass is 9.94. The number of amides is 1. The van der Waals surface area contributed by atoms with Gasteiger partial charge in [-0.2, -0.15) is 0 Å². The van der Waals surface area contributed by atoms with E-state index in [4.69, 9.17) is 5.11 Å². The topological polar surface area (TPSA) is 76.0 Å². The number of hydrogen-bond acceptors (Lipinski definition) is 3. The number of rotatable bonds is 4. The fraction of sp³-hybridized carbons (Fsp3) is 0.867. The number of hydrogen-bond donors (Lipinski definition) is 1. The Morgan fingerprint density at radius 3 is 2.52 bits per heavy atom. The fourth-order valence-corrected chi connectivity index (χ4v) is 3.06. The van der Waals surface area contributed by atoms with Crippen molar-refractivity contribution in [1.82, 2.24) is 4.90 Å². The van der Waals surface area contributed by atoms with E-state index in [9.17, 15) is 9.35 Å². The zero-order valence-electron chi connectivity index (χ0n) is 13.0. The first kappa shape index (κ1) is 20.2. The van der Waals surface area contributed by atoms with E-state index in [0.29, 0.717) is 12.5 Å². The third-order valence-electron chi connectivity index (χ3n) is 3.59. The molecule has 0 radical (unpaired) electrons. The van der Waals surface area contributed by atoms with Crippen LogP contribution in [0.4, 0.5) is 4.79 Å². The molecule has 21 heavy (non-hydrogen) atoms. The zero-order chi connectivity index (χ0) is 15.6. The highest BCUT2D eigenvalue weighted by atomic mass is 32.2. The van der Waals surface area contributed by atoms with Crippen LogP contribution in [0, 0.1) is 5.92 Å². The zero-order valence-corrected chi connectivity index (χ0v) is 13.9. The average Bonchev–Trinajstić information content (AvgIpc) is 2.58. The van der Waals surface area contributed by atoms with Crippen molar-refractivity contribution in [1.29, 1.82) is 0 Å². The van der Waals surface area contributed by atoms with Gasteiger partial charge in [-0.05, 0) is 59.8 Å². The Hall–Kier alpha value is -0.750. The molecule has 0 aliphatic carbocycles. The molecule has 1 saturated heterocycles. The van der Waals surface area contributed by atoms with Gasteiger partial charge in [0.1, 0.15) is 16.1 Å². The minimum absolute atomic E-state index is 0. The van der Waals surface area contributed by atoms with Crippen LogP contribution in [-0.4, -0.2) is 43.7 Å². The van der Waals surface area contributed by atoms with Crippen LogP contribution >= 0.6 is 0 Å². The molecule has 0 bridgehead atoms. The third kappa shape index (κ3) is 5.87. The maximum Gasteiger partial charge on any atom is 0.407 e. The van der Waals surface area contributed by atoms with Gasteiger partial charge in [0, 0.05) is 12.1 Å². The number of carbonyl (C=O) groups is 1. The van der Waals surface area contributed by atoms with Crippen LogP contribution in [0.15, 0.2) is 4.40 Å². The molecule has 1 amide bonds. The SMILES string of the molecule is C.CC1(C)C[C@H](CCC=N[S+]([O-])C(C)(C)C)CN1C(=O)O. The highest BCUT2D eigenvalue weighted by Gasteiger charge is 2.40. The van der Waals surface area contributed by atoms with Crippen LogP contribution in [0.1, 0.15) is 61.3 Å². The molecule has 124 valence electrons. The van der Waals surface area contributed by atoms with E-state index in [0.717, 1.165) is 19.3 Å². The van der Waals surface area contributed by atoms with Gasteiger partial charge < -0.3 is 14.6 Å². The minimum atomic E-state index is -1.21. The van der Waals surface area contributed by atoms with E-state index < -0.39 is 17.5 Å². The number of nitrogens with zero attached hydrogens (tertiary/aromatic N) is 2. The quantitative estimate of drug-likeness (QED) is 0.634. The van der Waals surface area contributed by atoms with Crippen LogP contribution in [0.2, 0.25) is 0 Å². The standard InChI is InChI=1S/C14H26N2O3S.CH4/c1-13(2,3)20(19)15-8-6-7-11-9-14(4,5)16(10-11)12(17)18;/h8,11H,6-7,9-10H2,1-5H3,(H,17,18);1H4/t11-,20?;/m0./s1. The Morgan fingerprint density at radius 1 is 1.52 bits per heavy atom. The van der Waals surface area contributed by atoms with E-state index in [1.54, 1.807) is 6.21 Å². The summed E-state index contributed by atoms with van der Waals surface area (Å²) in [5, 5.41) is 9.16. The molecule has 1 aliphatic rings. The van der Waals surface area contributed by atoms with Crippen molar-refractivity contribution >= 4 is 23.7 Å². The fourth-order valence-electron chi connectivity index (χ4n) is 2.51. The summed E-state index contributed by atoms with van der Waals surface area (Å²) < 4.78 is 15.5. The molecule has 1 unspecified atom stereocenters. The molecule has 5 nitrogen and oxygen atoms in total. The molecule has 1 fully saturated rings. The molecule has 2 atom stereocenters. The molecule has 0 aromatic carbocycles. The van der Waals surface area contributed by atoms with Crippen LogP contribution in [0.3, 0.4) is 0 Å². The second-order valence-corrected chi connectivity index (χ2v) is 8.94. The predicted octanol–water partition coefficient (Wildman–Crippen LogP) is 3.71. The Labute approximate surface area is 132 Å². The second-order valence-electron chi connectivity index (χ2n) is 7.00. The normalized spacial score (nSPS) is 23.1. The van der Waals surface area contributed by atoms with E-state index in [2.05, 4.69) is 4.40 Å². The maximum atomic E-state index is 11.7. The van der Waals surface area contributed by atoms with Gasteiger partial charge in [-0.15, -0.1) is 0 Å². The lowest BCUT2D eigenvalue weighted by Gasteiger charge is -2.28. The first-order valence-corrected chi connectivity index (χ1v) is 8.10. The summed E-state index contributed by atoms with van der Waals surface area (Å²) >= 11 is -1.21. The summed E-state index contributed by atoms with van der Waals surface area (Å²) in [5.74, 6) is 0.357. The van der Waals surface area contributed by atoms with Gasteiger partial charge >= 0.3 is 6.09 Å². The van der Waals surface area contributed by atoms with E-state index >= 15 is 0 Å². The van der Waals surface area contributed by atoms with Crippen molar-refractivity contribution in [3.05, 3.63) is 0 Å². The van der Waals surface area contributed by atoms with Crippen molar-refractivity contribution in [3.63, 3.8) is 0 Å². The maximum absolute atomic E-state index is 11.7. The Bertz CT molecular complexity index is 378. The molecule has 1 N–H and O–H groups in total. The van der Waals surface area contributed by atoms with Gasteiger partial charge in [0.15, 0.2) is 0 Å². The summed E-state index contributed by atoms with van der Waals surface area (Å²) in [6, 6.07) is 0. The van der Waals surface area contributed by atoms with Crippen molar-refractivity contribution in [2.24, 2.45) is 10.3 Å². The smallest absolute Gasteiger partial charge is 0.407 e. The summed E-state index contributed by atoms with van der Waals surface area (Å²) in [4.78, 5) is 12.7. The molecule has 0 spiro atoms. The lowest BCUT2D eigenvalue weighted by molar-refractivity contribution is 0.117. The first-order valence-electron chi connectivity index (χ1n) is 6.99. The van der Waals surface area contributed by atoms with Gasteiger partial charge in [-0.1, -0.05) is 11.8 Å².